The first-order valence-corrected chi connectivity index (χ1v) is 9.03. The Morgan fingerprint density at radius 2 is 2.11 bits per heavy atom. The van der Waals surface area contributed by atoms with Crippen LogP contribution in [0.5, 0.6) is 0 Å². The number of methoxy groups -OCH3 is 1. The number of aryl methyl sites for hydroxylation is 2. The zero-order valence-corrected chi connectivity index (χ0v) is 16.8. The Hall–Kier alpha value is -1.96. The standard InChI is InChI=1S/C19H26N4O3.ClH/c1-4-16-22-17(26-23-16)14-6-5-13(2)15(11-14)21-18(24)19(12-25-3)7-9-20-10-8-19;/h5-6,11,20H,4,7-10,12H2,1-3H3,(H,21,24);1H. The highest BCUT2D eigenvalue weighted by molar-refractivity contribution is 5.96. The number of carbonyl (C=O) groups excluding carboxylic acids is 1. The Kier molecular flexibility index (Phi) is 7.35. The number of halogens is 1. The molecule has 0 unspecified atom stereocenters. The van der Waals surface area contributed by atoms with Gasteiger partial charge in [0.05, 0.1) is 12.0 Å². The second kappa shape index (κ2) is 9.30. The lowest BCUT2D eigenvalue weighted by Crippen LogP contribution is -2.47. The van der Waals surface area contributed by atoms with Gasteiger partial charge in [-0.2, -0.15) is 4.98 Å². The van der Waals surface area contributed by atoms with Crippen LogP contribution < -0.4 is 10.6 Å². The Bertz CT molecular complexity index is 767. The Balaban J connectivity index is 0.00000261. The maximum atomic E-state index is 13.1. The van der Waals surface area contributed by atoms with Gasteiger partial charge < -0.3 is 19.9 Å². The summed E-state index contributed by atoms with van der Waals surface area (Å²) in [5, 5.41) is 10.3. The van der Waals surface area contributed by atoms with Crippen LogP contribution in [0.15, 0.2) is 22.7 Å². The van der Waals surface area contributed by atoms with Crippen molar-refractivity contribution in [2.75, 3.05) is 32.1 Å². The zero-order valence-electron chi connectivity index (χ0n) is 16.0. The average Bonchev–Trinajstić information content (AvgIpc) is 3.14. The Labute approximate surface area is 165 Å². The van der Waals surface area contributed by atoms with E-state index in [0.29, 0.717) is 24.7 Å². The molecule has 1 aromatic carbocycles. The molecule has 0 aliphatic carbocycles. The number of ether oxygens (including phenoxy) is 1. The molecule has 1 amide bonds. The quantitative estimate of drug-likeness (QED) is 0.782. The summed E-state index contributed by atoms with van der Waals surface area (Å²) in [5.41, 5.74) is 2.04. The number of hydrogen-bond acceptors (Lipinski definition) is 6. The molecule has 1 aliphatic heterocycles. The van der Waals surface area contributed by atoms with E-state index in [2.05, 4.69) is 20.8 Å². The number of carbonyl (C=O) groups is 1. The van der Waals surface area contributed by atoms with E-state index in [0.717, 1.165) is 42.7 Å². The number of aromatic nitrogens is 2. The van der Waals surface area contributed by atoms with E-state index in [-0.39, 0.29) is 18.3 Å². The van der Waals surface area contributed by atoms with Crippen LogP contribution in [0.2, 0.25) is 0 Å². The lowest BCUT2D eigenvalue weighted by atomic mass is 9.78. The van der Waals surface area contributed by atoms with Gasteiger partial charge in [0.15, 0.2) is 5.82 Å². The highest BCUT2D eigenvalue weighted by Crippen LogP contribution is 2.32. The van der Waals surface area contributed by atoms with Gasteiger partial charge in [-0.3, -0.25) is 4.79 Å². The summed E-state index contributed by atoms with van der Waals surface area (Å²) < 4.78 is 10.7. The van der Waals surface area contributed by atoms with Crippen LogP contribution in [0.25, 0.3) is 11.5 Å². The van der Waals surface area contributed by atoms with Gasteiger partial charge in [0, 0.05) is 24.8 Å². The minimum absolute atomic E-state index is 0. The molecule has 0 atom stereocenters. The van der Waals surface area contributed by atoms with E-state index >= 15 is 0 Å². The van der Waals surface area contributed by atoms with Crippen LogP contribution in [-0.2, 0) is 16.0 Å². The van der Waals surface area contributed by atoms with Crippen molar-refractivity contribution < 1.29 is 14.1 Å². The molecule has 1 aliphatic rings. The molecule has 0 radical (unpaired) electrons. The van der Waals surface area contributed by atoms with Crippen molar-refractivity contribution in [1.82, 2.24) is 15.5 Å². The molecule has 0 bridgehead atoms. The Morgan fingerprint density at radius 3 is 2.74 bits per heavy atom. The van der Waals surface area contributed by atoms with E-state index in [1.165, 1.54) is 0 Å². The highest BCUT2D eigenvalue weighted by Gasteiger charge is 2.39. The van der Waals surface area contributed by atoms with Crippen molar-refractivity contribution in [2.24, 2.45) is 5.41 Å². The van der Waals surface area contributed by atoms with Crippen LogP contribution in [0.3, 0.4) is 0 Å². The molecule has 27 heavy (non-hydrogen) atoms. The fourth-order valence-electron chi connectivity index (χ4n) is 3.28. The van der Waals surface area contributed by atoms with Crippen molar-refractivity contribution in [1.29, 1.82) is 0 Å². The van der Waals surface area contributed by atoms with Crippen molar-refractivity contribution in [3.8, 4) is 11.5 Å². The van der Waals surface area contributed by atoms with Crippen molar-refractivity contribution in [3.05, 3.63) is 29.6 Å². The molecule has 0 saturated carbocycles. The molecule has 2 aromatic rings. The summed E-state index contributed by atoms with van der Waals surface area (Å²) in [6, 6.07) is 5.77. The number of anilines is 1. The van der Waals surface area contributed by atoms with Gasteiger partial charge in [0.25, 0.3) is 5.89 Å². The fourth-order valence-corrected chi connectivity index (χ4v) is 3.28. The topological polar surface area (TPSA) is 89.3 Å². The zero-order chi connectivity index (χ0) is 18.6. The molecule has 2 heterocycles. The fraction of sp³-hybridized carbons (Fsp3) is 0.526. The minimum atomic E-state index is -0.498. The number of rotatable bonds is 6. The van der Waals surface area contributed by atoms with Crippen LogP contribution in [0.1, 0.15) is 31.2 Å². The van der Waals surface area contributed by atoms with Crippen molar-refractivity contribution in [2.45, 2.75) is 33.1 Å². The maximum absolute atomic E-state index is 13.1. The first kappa shape index (κ1) is 21.3. The second-order valence-electron chi connectivity index (χ2n) is 6.82. The molecule has 0 spiro atoms. The van der Waals surface area contributed by atoms with Gasteiger partial charge in [-0.15, -0.1) is 12.4 Å². The normalized spacial score (nSPS) is 15.8. The highest BCUT2D eigenvalue weighted by atomic mass is 35.5. The summed E-state index contributed by atoms with van der Waals surface area (Å²) in [5.74, 6) is 1.13. The van der Waals surface area contributed by atoms with Crippen molar-refractivity contribution >= 4 is 24.0 Å². The minimum Gasteiger partial charge on any atom is -0.384 e. The Morgan fingerprint density at radius 1 is 1.37 bits per heavy atom. The van der Waals surface area contributed by atoms with Crippen LogP contribution in [0.4, 0.5) is 5.69 Å². The lowest BCUT2D eigenvalue weighted by molar-refractivity contribution is -0.130. The maximum Gasteiger partial charge on any atom is 0.257 e. The number of hydrogen-bond donors (Lipinski definition) is 2. The third-order valence-corrected chi connectivity index (χ3v) is 4.98. The molecule has 7 nitrogen and oxygen atoms in total. The molecular weight excluding hydrogens is 368 g/mol. The summed E-state index contributed by atoms with van der Waals surface area (Å²) in [4.78, 5) is 17.4. The van der Waals surface area contributed by atoms with Crippen LogP contribution >= 0.6 is 12.4 Å². The van der Waals surface area contributed by atoms with Gasteiger partial charge in [-0.1, -0.05) is 18.1 Å². The molecule has 3 rings (SSSR count). The number of amides is 1. The lowest BCUT2D eigenvalue weighted by Gasteiger charge is -2.35. The van der Waals surface area contributed by atoms with E-state index in [1.54, 1.807) is 7.11 Å². The van der Waals surface area contributed by atoms with Gasteiger partial charge >= 0.3 is 0 Å². The molecule has 148 valence electrons. The van der Waals surface area contributed by atoms with Gasteiger partial charge in [0.1, 0.15) is 0 Å². The second-order valence-corrected chi connectivity index (χ2v) is 6.82. The summed E-state index contributed by atoms with van der Waals surface area (Å²) in [6.45, 7) is 6.00. The SMILES string of the molecule is CCc1noc(-c2ccc(C)c(NC(=O)C3(COC)CCNCC3)c2)n1.Cl. The monoisotopic (exact) mass is 394 g/mol. The molecule has 8 heteroatoms. The first-order chi connectivity index (χ1) is 12.6. The summed E-state index contributed by atoms with van der Waals surface area (Å²) in [6.07, 6.45) is 2.23. The molecule has 2 N–H and O–H groups in total. The first-order valence-electron chi connectivity index (χ1n) is 9.03. The van der Waals surface area contributed by atoms with Crippen LogP contribution in [0, 0.1) is 12.3 Å². The molecule has 1 fully saturated rings. The molecule has 1 saturated heterocycles. The van der Waals surface area contributed by atoms with Crippen LogP contribution in [-0.4, -0.2) is 42.9 Å². The third kappa shape index (κ3) is 4.66. The van der Waals surface area contributed by atoms with Crippen molar-refractivity contribution in [3.63, 3.8) is 0 Å². The predicted octanol–water partition coefficient (Wildman–Crippen LogP) is 2.98. The van der Waals surface area contributed by atoms with E-state index < -0.39 is 5.41 Å². The third-order valence-electron chi connectivity index (χ3n) is 4.98. The van der Waals surface area contributed by atoms with E-state index in [1.807, 2.05) is 32.0 Å². The smallest absolute Gasteiger partial charge is 0.257 e. The number of nitrogens with zero attached hydrogens (tertiary/aromatic N) is 2. The molecular formula is C19H27ClN4O3. The molecule has 1 aromatic heterocycles. The number of piperidine rings is 1. The summed E-state index contributed by atoms with van der Waals surface area (Å²) in [7, 11) is 1.64. The van der Waals surface area contributed by atoms with Gasteiger partial charge in [0.2, 0.25) is 5.91 Å². The van der Waals surface area contributed by atoms with E-state index in [4.69, 9.17) is 9.26 Å². The van der Waals surface area contributed by atoms with Gasteiger partial charge in [-0.05, 0) is 50.6 Å². The predicted molar refractivity (Wildman–Crippen MR) is 106 cm³/mol. The van der Waals surface area contributed by atoms with Gasteiger partial charge in [-0.25, -0.2) is 0 Å². The largest absolute Gasteiger partial charge is 0.384 e. The average molecular weight is 395 g/mol. The summed E-state index contributed by atoms with van der Waals surface area (Å²) >= 11 is 0. The number of benzene rings is 1. The number of nitrogens with one attached hydrogen (secondary N) is 2. The van der Waals surface area contributed by atoms with E-state index in [9.17, 15) is 4.79 Å².